The van der Waals surface area contributed by atoms with Crippen LogP contribution in [-0.4, -0.2) is 29.8 Å². The van der Waals surface area contributed by atoms with E-state index in [0.29, 0.717) is 6.67 Å². The second-order valence-corrected chi connectivity index (χ2v) is 3.23. The minimum atomic E-state index is -0.943. The van der Waals surface area contributed by atoms with Gasteiger partial charge in [-0.3, -0.25) is 5.01 Å². The molecule has 0 amide bonds. The number of hydrogen-bond acceptors (Lipinski definition) is 5. The zero-order chi connectivity index (χ0) is 10.8. The molecule has 0 unspecified atom stereocenters. The Morgan fingerprint density at radius 2 is 2.27 bits per heavy atom. The number of carboxylic acids is 1. The molecule has 0 bridgehead atoms. The van der Waals surface area contributed by atoms with Gasteiger partial charge in [0.2, 0.25) is 0 Å². The Morgan fingerprint density at radius 1 is 1.47 bits per heavy atom. The van der Waals surface area contributed by atoms with Gasteiger partial charge in [-0.15, -0.1) is 0 Å². The summed E-state index contributed by atoms with van der Waals surface area (Å²) in [5.74, 6) is -0.943. The minimum absolute atomic E-state index is 0.247. The molecule has 0 saturated heterocycles. The Bertz CT molecular complexity index is 418. The highest BCUT2D eigenvalue weighted by Gasteiger charge is 2.14. The summed E-state index contributed by atoms with van der Waals surface area (Å²) in [6, 6.07) is 6.60. The fourth-order valence-corrected chi connectivity index (χ4v) is 1.30. The summed E-state index contributed by atoms with van der Waals surface area (Å²) >= 11 is 0. The predicted octanol–water partition coefficient (Wildman–Crippen LogP) is 1.38. The first-order valence-electron chi connectivity index (χ1n) is 4.40. The van der Waals surface area contributed by atoms with Crippen LogP contribution in [0.25, 0.3) is 0 Å². The van der Waals surface area contributed by atoms with E-state index in [4.69, 9.17) is 5.11 Å². The minimum Gasteiger partial charge on any atom is -0.478 e. The average Bonchev–Trinajstić information content (AvgIpc) is 2.65. The van der Waals surface area contributed by atoms with Crippen LogP contribution < -0.4 is 5.01 Å². The summed E-state index contributed by atoms with van der Waals surface area (Å²) in [5.41, 5.74) is 0.972. The fourth-order valence-electron chi connectivity index (χ4n) is 1.30. The van der Waals surface area contributed by atoms with Crippen molar-refractivity contribution >= 4 is 11.7 Å². The molecular weight excluding hydrogens is 196 g/mol. The van der Waals surface area contributed by atoms with Gasteiger partial charge in [-0.25, -0.2) is 9.80 Å². The number of aromatic carboxylic acids is 1. The zero-order valence-corrected chi connectivity index (χ0v) is 8.16. The Hall–Kier alpha value is -2.11. The third-order valence-electron chi connectivity index (χ3n) is 2.03. The van der Waals surface area contributed by atoms with Gasteiger partial charge in [0.1, 0.15) is 6.67 Å². The SMILES string of the molecule is CN1CN(c2cccc(C(=O)O)c2)N=N1. The quantitative estimate of drug-likeness (QED) is 0.793. The third-order valence-corrected chi connectivity index (χ3v) is 2.03. The van der Waals surface area contributed by atoms with Crippen molar-refractivity contribution in [2.24, 2.45) is 10.4 Å². The number of anilines is 1. The van der Waals surface area contributed by atoms with Gasteiger partial charge in [-0.05, 0) is 23.4 Å². The van der Waals surface area contributed by atoms with Crippen molar-refractivity contribution in [3.8, 4) is 0 Å². The molecule has 15 heavy (non-hydrogen) atoms. The molecule has 0 spiro atoms. The van der Waals surface area contributed by atoms with Crippen LogP contribution in [-0.2, 0) is 0 Å². The Kier molecular flexibility index (Phi) is 2.24. The Labute approximate surface area is 86.4 Å². The number of carbonyl (C=O) groups is 1. The van der Waals surface area contributed by atoms with Gasteiger partial charge < -0.3 is 5.11 Å². The van der Waals surface area contributed by atoms with E-state index in [1.807, 2.05) is 0 Å². The van der Waals surface area contributed by atoms with Crippen molar-refractivity contribution in [1.82, 2.24) is 5.01 Å². The number of carboxylic acid groups (broad SMARTS) is 1. The van der Waals surface area contributed by atoms with Crippen molar-refractivity contribution in [3.05, 3.63) is 29.8 Å². The predicted molar refractivity (Wildman–Crippen MR) is 53.4 cm³/mol. The third kappa shape index (κ3) is 1.88. The summed E-state index contributed by atoms with van der Waals surface area (Å²) in [4.78, 5) is 10.7. The molecule has 1 aliphatic rings. The molecule has 0 saturated carbocycles. The first-order valence-corrected chi connectivity index (χ1v) is 4.40. The molecular formula is C9H10N4O2. The Balaban J connectivity index is 2.26. The van der Waals surface area contributed by atoms with Crippen LogP contribution in [0.5, 0.6) is 0 Å². The molecule has 0 aliphatic carbocycles. The molecule has 6 nitrogen and oxygen atoms in total. The molecule has 0 atom stereocenters. The van der Waals surface area contributed by atoms with Gasteiger partial charge in [-0.1, -0.05) is 11.3 Å². The topological polar surface area (TPSA) is 68.5 Å². The molecule has 1 aromatic rings. The Morgan fingerprint density at radius 3 is 2.87 bits per heavy atom. The van der Waals surface area contributed by atoms with Crippen molar-refractivity contribution in [3.63, 3.8) is 0 Å². The van der Waals surface area contributed by atoms with E-state index in [-0.39, 0.29) is 5.56 Å². The molecule has 1 aliphatic heterocycles. The average molecular weight is 206 g/mol. The summed E-state index contributed by atoms with van der Waals surface area (Å²) in [5, 5.41) is 19.8. The molecule has 1 aromatic carbocycles. The van der Waals surface area contributed by atoms with Gasteiger partial charge in [0.05, 0.1) is 11.3 Å². The van der Waals surface area contributed by atoms with Gasteiger partial charge in [0.15, 0.2) is 0 Å². The number of hydrogen-bond donors (Lipinski definition) is 1. The second-order valence-electron chi connectivity index (χ2n) is 3.23. The van der Waals surface area contributed by atoms with Crippen molar-refractivity contribution in [2.45, 2.75) is 0 Å². The zero-order valence-electron chi connectivity index (χ0n) is 8.16. The molecule has 78 valence electrons. The van der Waals surface area contributed by atoms with E-state index in [0.717, 1.165) is 5.69 Å². The van der Waals surface area contributed by atoms with Crippen LogP contribution in [0.2, 0.25) is 0 Å². The highest BCUT2D eigenvalue weighted by molar-refractivity contribution is 5.88. The van der Waals surface area contributed by atoms with E-state index in [9.17, 15) is 4.79 Å². The number of benzene rings is 1. The van der Waals surface area contributed by atoms with Crippen LogP contribution in [0.3, 0.4) is 0 Å². The van der Waals surface area contributed by atoms with Crippen LogP contribution in [0.1, 0.15) is 10.4 Å². The van der Waals surface area contributed by atoms with Gasteiger partial charge in [-0.2, -0.15) is 0 Å². The van der Waals surface area contributed by atoms with Gasteiger partial charge in [0.25, 0.3) is 0 Å². The van der Waals surface area contributed by atoms with Crippen LogP contribution in [0, 0.1) is 0 Å². The summed E-state index contributed by atoms with van der Waals surface area (Å²) in [6.07, 6.45) is 0. The van der Waals surface area contributed by atoms with E-state index in [2.05, 4.69) is 10.4 Å². The molecule has 6 heteroatoms. The van der Waals surface area contributed by atoms with Gasteiger partial charge >= 0.3 is 5.97 Å². The van der Waals surface area contributed by atoms with E-state index in [1.54, 1.807) is 41.3 Å². The summed E-state index contributed by atoms with van der Waals surface area (Å²) < 4.78 is 0. The lowest BCUT2D eigenvalue weighted by Crippen LogP contribution is -2.21. The van der Waals surface area contributed by atoms with Gasteiger partial charge in [0, 0.05) is 7.05 Å². The first kappa shape index (κ1) is 9.45. The molecule has 2 rings (SSSR count). The van der Waals surface area contributed by atoms with Crippen LogP contribution in [0.15, 0.2) is 34.7 Å². The lowest BCUT2D eigenvalue weighted by molar-refractivity contribution is 0.0697. The smallest absolute Gasteiger partial charge is 0.335 e. The molecule has 1 heterocycles. The second kappa shape index (κ2) is 3.56. The van der Waals surface area contributed by atoms with Crippen molar-refractivity contribution in [1.29, 1.82) is 0 Å². The standard InChI is InChI=1S/C9H10N4O2/c1-12-6-13(11-10-12)8-4-2-3-7(5-8)9(14)15/h2-5H,6H2,1H3,(H,14,15). The normalized spacial score (nSPS) is 14.7. The van der Waals surface area contributed by atoms with E-state index < -0.39 is 5.97 Å². The van der Waals surface area contributed by atoms with E-state index in [1.165, 1.54) is 0 Å². The fraction of sp³-hybridized carbons (Fsp3) is 0.222. The summed E-state index contributed by atoms with van der Waals surface area (Å²) in [7, 11) is 1.80. The van der Waals surface area contributed by atoms with Crippen LogP contribution >= 0.6 is 0 Å². The molecule has 0 aromatic heterocycles. The first-order chi connectivity index (χ1) is 7.16. The highest BCUT2D eigenvalue weighted by Crippen LogP contribution is 2.20. The van der Waals surface area contributed by atoms with Crippen molar-refractivity contribution in [2.75, 3.05) is 18.7 Å². The maximum absolute atomic E-state index is 10.7. The summed E-state index contributed by atoms with van der Waals surface area (Å²) in [6.45, 7) is 0.531. The largest absolute Gasteiger partial charge is 0.478 e. The van der Waals surface area contributed by atoms with E-state index >= 15 is 0 Å². The van der Waals surface area contributed by atoms with Crippen molar-refractivity contribution < 1.29 is 9.90 Å². The maximum Gasteiger partial charge on any atom is 0.335 e. The molecule has 0 fully saturated rings. The monoisotopic (exact) mass is 206 g/mol. The molecule has 0 radical (unpaired) electrons. The lowest BCUT2D eigenvalue weighted by Gasteiger charge is -2.13. The molecule has 1 N–H and O–H groups in total. The number of rotatable bonds is 2. The number of nitrogens with zero attached hydrogens (tertiary/aromatic N) is 4. The highest BCUT2D eigenvalue weighted by atomic mass is 16.4. The maximum atomic E-state index is 10.7. The van der Waals surface area contributed by atoms with Crippen LogP contribution in [0.4, 0.5) is 5.69 Å². The lowest BCUT2D eigenvalue weighted by atomic mass is 10.2.